The van der Waals surface area contributed by atoms with Crippen LogP contribution in [-0.2, 0) is 9.53 Å². The molecule has 1 aliphatic rings. The molecular formula is C15H22BrClN2O2. The van der Waals surface area contributed by atoms with Gasteiger partial charge >= 0.3 is 0 Å². The number of halogens is 2. The van der Waals surface area contributed by atoms with Crippen molar-refractivity contribution in [1.29, 1.82) is 0 Å². The molecule has 1 saturated heterocycles. The predicted octanol–water partition coefficient (Wildman–Crippen LogP) is 2.90. The smallest absolute Gasteiger partial charge is 0.222 e. The summed E-state index contributed by atoms with van der Waals surface area (Å²) in [5.74, 6) is 0.174. The molecule has 1 aromatic rings. The average molecular weight is 378 g/mol. The van der Waals surface area contributed by atoms with Crippen LogP contribution >= 0.6 is 28.3 Å². The minimum Gasteiger partial charge on any atom is -0.370 e. The van der Waals surface area contributed by atoms with E-state index in [2.05, 4.69) is 15.9 Å². The Labute approximate surface area is 140 Å². The van der Waals surface area contributed by atoms with Crippen molar-refractivity contribution in [3.05, 3.63) is 34.3 Å². The summed E-state index contributed by atoms with van der Waals surface area (Å²) in [6.45, 7) is 3.81. The van der Waals surface area contributed by atoms with Crippen LogP contribution in [0, 0.1) is 0 Å². The molecule has 6 heteroatoms. The summed E-state index contributed by atoms with van der Waals surface area (Å²) in [5.41, 5.74) is 6.81. The van der Waals surface area contributed by atoms with Gasteiger partial charge in [-0.25, -0.2) is 0 Å². The van der Waals surface area contributed by atoms with E-state index in [0.717, 1.165) is 16.5 Å². The number of amides is 1. The van der Waals surface area contributed by atoms with Gasteiger partial charge in [-0.2, -0.15) is 0 Å². The van der Waals surface area contributed by atoms with Crippen LogP contribution in [-0.4, -0.2) is 36.5 Å². The Hall–Kier alpha value is -0.620. The number of hydrogen-bond donors (Lipinski definition) is 1. The topological polar surface area (TPSA) is 55.6 Å². The molecule has 2 atom stereocenters. The van der Waals surface area contributed by atoms with Crippen molar-refractivity contribution in [2.24, 2.45) is 5.73 Å². The van der Waals surface area contributed by atoms with Crippen molar-refractivity contribution in [2.75, 3.05) is 19.7 Å². The summed E-state index contributed by atoms with van der Waals surface area (Å²) in [4.78, 5) is 14.0. The number of carbonyl (C=O) groups excluding carboxylic acids is 1. The van der Waals surface area contributed by atoms with Crippen molar-refractivity contribution >= 4 is 34.2 Å². The maximum Gasteiger partial charge on any atom is 0.222 e. The summed E-state index contributed by atoms with van der Waals surface area (Å²) in [6.07, 6.45) is 1.22. The van der Waals surface area contributed by atoms with Crippen LogP contribution in [0.4, 0.5) is 0 Å². The third kappa shape index (κ3) is 5.58. The highest BCUT2D eigenvalue weighted by molar-refractivity contribution is 9.10. The molecule has 1 fully saturated rings. The zero-order valence-corrected chi connectivity index (χ0v) is 14.5. The van der Waals surface area contributed by atoms with Crippen LogP contribution in [0.3, 0.4) is 0 Å². The lowest BCUT2D eigenvalue weighted by molar-refractivity contribution is -0.139. The van der Waals surface area contributed by atoms with Crippen molar-refractivity contribution in [1.82, 2.24) is 4.90 Å². The predicted molar refractivity (Wildman–Crippen MR) is 89.5 cm³/mol. The number of nitrogens with zero attached hydrogens (tertiary/aromatic N) is 1. The normalized spacial score (nSPS) is 19.8. The average Bonchev–Trinajstić information content (AvgIpc) is 2.45. The number of carbonyl (C=O) groups is 1. The lowest BCUT2D eigenvalue weighted by Crippen LogP contribution is -2.42. The molecule has 4 nitrogen and oxygen atoms in total. The fourth-order valence-corrected chi connectivity index (χ4v) is 2.53. The van der Waals surface area contributed by atoms with Gasteiger partial charge in [0.05, 0.1) is 13.2 Å². The number of benzene rings is 1. The Morgan fingerprint density at radius 3 is 2.76 bits per heavy atom. The number of rotatable bonds is 4. The first-order valence-corrected chi connectivity index (χ1v) is 7.76. The van der Waals surface area contributed by atoms with E-state index in [9.17, 15) is 4.79 Å². The fourth-order valence-electron chi connectivity index (χ4n) is 2.26. The number of nitrogens with two attached hydrogens (primary N) is 1. The molecule has 21 heavy (non-hydrogen) atoms. The maximum absolute atomic E-state index is 12.1. The molecule has 1 heterocycles. The standard InChI is InChI=1S/C15H21BrN2O2.ClH/c1-11(17)2-7-15(19)18-8-9-20-14(10-18)12-3-5-13(16)6-4-12;/h3-6,11,14H,2,7-10,17H2,1H3;1H. The fraction of sp³-hybridized carbons (Fsp3) is 0.533. The van der Waals surface area contributed by atoms with Gasteiger partial charge in [0.2, 0.25) is 5.91 Å². The van der Waals surface area contributed by atoms with Crippen LogP contribution in [0.5, 0.6) is 0 Å². The molecule has 0 saturated carbocycles. The Bertz CT molecular complexity index is 453. The minimum absolute atomic E-state index is 0. The van der Waals surface area contributed by atoms with E-state index in [0.29, 0.717) is 26.1 Å². The Kier molecular flexibility index (Phi) is 7.66. The van der Waals surface area contributed by atoms with Crippen LogP contribution in [0.2, 0.25) is 0 Å². The van der Waals surface area contributed by atoms with E-state index >= 15 is 0 Å². The molecule has 1 amide bonds. The van der Waals surface area contributed by atoms with E-state index in [-0.39, 0.29) is 30.5 Å². The summed E-state index contributed by atoms with van der Waals surface area (Å²) < 4.78 is 6.82. The summed E-state index contributed by atoms with van der Waals surface area (Å²) in [7, 11) is 0. The van der Waals surface area contributed by atoms with E-state index in [1.165, 1.54) is 0 Å². The highest BCUT2D eigenvalue weighted by atomic mass is 79.9. The first kappa shape index (κ1) is 18.4. The van der Waals surface area contributed by atoms with Gasteiger partial charge in [-0.3, -0.25) is 4.79 Å². The molecule has 0 aromatic heterocycles. The minimum atomic E-state index is -0.0314. The maximum atomic E-state index is 12.1. The van der Waals surface area contributed by atoms with Gasteiger partial charge in [-0.1, -0.05) is 28.1 Å². The monoisotopic (exact) mass is 376 g/mol. The molecule has 1 aliphatic heterocycles. The Morgan fingerprint density at radius 1 is 1.48 bits per heavy atom. The third-order valence-corrected chi connectivity index (χ3v) is 4.00. The largest absolute Gasteiger partial charge is 0.370 e. The van der Waals surface area contributed by atoms with Gasteiger partial charge in [0.1, 0.15) is 6.10 Å². The summed E-state index contributed by atoms with van der Waals surface area (Å²) >= 11 is 3.42. The third-order valence-electron chi connectivity index (χ3n) is 3.47. The van der Waals surface area contributed by atoms with Gasteiger partial charge in [0.25, 0.3) is 0 Å². The van der Waals surface area contributed by atoms with Gasteiger partial charge in [0, 0.05) is 23.5 Å². The van der Waals surface area contributed by atoms with Crippen LogP contribution < -0.4 is 5.73 Å². The highest BCUT2D eigenvalue weighted by Crippen LogP contribution is 2.24. The number of morpholine rings is 1. The zero-order valence-electron chi connectivity index (χ0n) is 12.1. The van der Waals surface area contributed by atoms with Crippen LogP contribution in [0.25, 0.3) is 0 Å². The van der Waals surface area contributed by atoms with E-state index in [1.54, 1.807) is 0 Å². The second-order valence-corrected chi connectivity index (χ2v) is 6.18. The van der Waals surface area contributed by atoms with E-state index in [4.69, 9.17) is 10.5 Å². The van der Waals surface area contributed by atoms with Crippen molar-refractivity contribution in [3.8, 4) is 0 Å². The molecule has 0 spiro atoms. The molecule has 1 aromatic carbocycles. The second kappa shape index (κ2) is 8.73. The summed E-state index contributed by atoms with van der Waals surface area (Å²) in [5, 5.41) is 0. The van der Waals surface area contributed by atoms with E-state index < -0.39 is 0 Å². The summed E-state index contributed by atoms with van der Waals surface area (Å²) in [6, 6.07) is 8.13. The molecular weight excluding hydrogens is 356 g/mol. The molecule has 118 valence electrons. The Balaban J connectivity index is 0.00000220. The molecule has 0 radical (unpaired) electrons. The zero-order chi connectivity index (χ0) is 14.5. The molecule has 0 aliphatic carbocycles. The van der Waals surface area contributed by atoms with E-state index in [1.807, 2.05) is 36.1 Å². The molecule has 2 N–H and O–H groups in total. The van der Waals surface area contributed by atoms with Gasteiger partial charge in [-0.15, -0.1) is 12.4 Å². The molecule has 0 bridgehead atoms. The lowest BCUT2D eigenvalue weighted by Gasteiger charge is -2.33. The molecule has 2 rings (SSSR count). The van der Waals surface area contributed by atoms with Gasteiger partial charge < -0.3 is 15.4 Å². The van der Waals surface area contributed by atoms with Crippen LogP contribution in [0.15, 0.2) is 28.7 Å². The first-order valence-electron chi connectivity index (χ1n) is 6.96. The number of hydrogen-bond acceptors (Lipinski definition) is 3. The van der Waals surface area contributed by atoms with Crippen molar-refractivity contribution in [3.63, 3.8) is 0 Å². The van der Waals surface area contributed by atoms with Gasteiger partial charge in [0.15, 0.2) is 0 Å². The number of ether oxygens (including phenoxy) is 1. The van der Waals surface area contributed by atoms with Gasteiger partial charge in [-0.05, 0) is 31.0 Å². The first-order chi connectivity index (χ1) is 9.56. The molecule has 2 unspecified atom stereocenters. The van der Waals surface area contributed by atoms with Crippen molar-refractivity contribution in [2.45, 2.75) is 31.9 Å². The Morgan fingerprint density at radius 2 is 2.14 bits per heavy atom. The highest BCUT2D eigenvalue weighted by Gasteiger charge is 2.25. The quantitative estimate of drug-likeness (QED) is 0.878. The second-order valence-electron chi connectivity index (χ2n) is 5.27. The van der Waals surface area contributed by atoms with Crippen LogP contribution in [0.1, 0.15) is 31.4 Å². The lowest BCUT2D eigenvalue weighted by atomic mass is 10.1. The SMILES string of the molecule is CC(N)CCC(=O)N1CCOC(c2ccc(Br)cc2)C1.Cl. The van der Waals surface area contributed by atoms with Crippen molar-refractivity contribution < 1.29 is 9.53 Å².